The van der Waals surface area contributed by atoms with Gasteiger partial charge in [-0.25, -0.2) is 8.78 Å². The number of carbonyl (C=O) groups excluding carboxylic acids is 1. The normalized spacial score (nSPS) is 10.6. The lowest BCUT2D eigenvalue weighted by molar-refractivity contribution is -0.142. The first-order chi connectivity index (χ1) is 7.97. The van der Waals surface area contributed by atoms with Crippen LogP contribution in [-0.2, 0) is 16.0 Å². The van der Waals surface area contributed by atoms with Crippen LogP contribution < -0.4 is 5.73 Å². The number of rotatable bonds is 4. The third kappa shape index (κ3) is 3.12. The van der Waals surface area contributed by atoms with Crippen molar-refractivity contribution in [3.05, 3.63) is 23.0 Å². The van der Waals surface area contributed by atoms with Gasteiger partial charge in [-0.1, -0.05) is 0 Å². The summed E-state index contributed by atoms with van der Waals surface area (Å²) in [7, 11) is 0. The number of alkyl halides is 2. The Kier molecular flexibility index (Phi) is 4.37. The van der Waals surface area contributed by atoms with E-state index in [4.69, 9.17) is 10.5 Å². The van der Waals surface area contributed by atoms with Crippen LogP contribution in [0.15, 0.2) is 6.20 Å². The highest BCUT2D eigenvalue weighted by Gasteiger charge is 2.20. The Morgan fingerprint density at radius 3 is 2.76 bits per heavy atom. The van der Waals surface area contributed by atoms with Gasteiger partial charge in [0.05, 0.1) is 24.4 Å². The third-order valence-electron chi connectivity index (χ3n) is 2.32. The van der Waals surface area contributed by atoms with E-state index in [-0.39, 0.29) is 29.8 Å². The molecular weight excluding hydrogens is 230 g/mol. The van der Waals surface area contributed by atoms with Crippen LogP contribution in [0.25, 0.3) is 0 Å². The molecule has 6 heteroatoms. The van der Waals surface area contributed by atoms with Crippen molar-refractivity contribution in [2.24, 2.45) is 0 Å². The number of aryl methyl sites for hydroxylation is 1. The van der Waals surface area contributed by atoms with Gasteiger partial charge in [-0.15, -0.1) is 0 Å². The molecule has 0 fully saturated rings. The molecule has 0 bridgehead atoms. The molecular formula is C11H14F2N2O2. The van der Waals surface area contributed by atoms with Crippen molar-refractivity contribution in [1.82, 2.24) is 4.98 Å². The van der Waals surface area contributed by atoms with E-state index in [0.29, 0.717) is 5.69 Å². The molecule has 1 heterocycles. The number of hydrogen-bond donors (Lipinski definition) is 1. The number of esters is 1. The van der Waals surface area contributed by atoms with Crippen LogP contribution in [0.3, 0.4) is 0 Å². The molecule has 0 spiro atoms. The molecule has 1 rings (SSSR count). The van der Waals surface area contributed by atoms with Crippen molar-refractivity contribution >= 4 is 11.7 Å². The number of hydrogen-bond acceptors (Lipinski definition) is 4. The largest absolute Gasteiger partial charge is 0.466 e. The zero-order valence-corrected chi connectivity index (χ0v) is 9.67. The fourth-order valence-electron chi connectivity index (χ4n) is 1.43. The maximum absolute atomic E-state index is 12.7. The second-order valence-corrected chi connectivity index (χ2v) is 3.47. The molecule has 17 heavy (non-hydrogen) atoms. The first kappa shape index (κ1) is 13.3. The fourth-order valence-corrected chi connectivity index (χ4v) is 1.43. The minimum atomic E-state index is -2.71. The summed E-state index contributed by atoms with van der Waals surface area (Å²) in [5.41, 5.74) is 5.99. The average molecular weight is 244 g/mol. The van der Waals surface area contributed by atoms with E-state index in [1.54, 1.807) is 13.8 Å². The summed E-state index contributed by atoms with van der Waals surface area (Å²) < 4.78 is 30.2. The molecule has 0 amide bonds. The molecule has 0 unspecified atom stereocenters. The van der Waals surface area contributed by atoms with Gasteiger partial charge in [0.2, 0.25) is 0 Å². The van der Waals surface area contributed by atoms with Gasteiger partial charge in [-0.05, 0) is 19.4 Å². The number of nitrogen functional groups attached to an aromatic ring is 1. The van der Waals surface area contributed by atoms with Crippen molar-refractivity contribution in [1.29, 1.82) is 0 Å². The van der Waals surface area contributed by atoms with E-state index in [2.05, 4.69) is 4.98 Å². The molecule has 0 aliphatic rings. The standard InChI is InChI=1S/C11H14F2N2O2/c1-3-17-9(16)4-7-8(11(12)13)5-15-6(2)10(7)14/h5,11H,3-4,14H2,1-2H3. The van der Waals surface area contributed by atoms with Crippen molar-refractivity contribution in [2.75, 3.05) is 12.3 Å². The van der Waals surface area contributed by atoms with E-state index >= 15 is 0 Å². The molecule has 4 nitrogen and oxygen atoms in total. The predicted molar refractivity (Wildman–Crippen MR) is 58.7 cm³/mol. The number of carbonyl (C=O) groups is 1. The van der Waals surface area contributed by atoms with E-state index in [1.165, 1.54) is 0 Å². The van der Waals surface area contributed by atoms with Gasteiger partial charge < -0.3 is 10.5 Å². The van der Waals surface area contributed by atoms with Gasteiger partial charge in [0.25, 0.3) is 6.43 Å². The maximum Gasteiger partial charge on any atom is 0.310 e. The van der Waals surface area contributed by atoms with Crippen LogP contribution >= 0.6 is 0 Å². The highest BCUT2D eigenvalue weighted by atomic mass is 19.3. The molecule has 1 aromatic rings. The van der Waals surface area contributed by atoms with E-state index in [1.807, 2.05) is 0 Å². The predicted octanol–water partition coefficient (Wildman–Crippen LogP) is 2.02. The summed E-state index contributed by atoms with van der Waals surface area (Å²) in [5, 5.41) is 0. The van der Waals surface area contributed by atoms with Crippen LogP contribution in [0, 0.1) is 6.92 Å². The monoisotopic (exact) mass is 244 g/mol. The smallest absolute Gasteiger partial charge is 0.310 e. The van der Waals surface area contributed by atoms with Gasteiger partial charge >= 0.3 is 5.97 Å². The minimum Gasteiger partial charge on any atom is -0.466 e. The van der Waals surface area contributed by atoms with Crippen LogP contribution in [0.5, 0.6) is 0 Å². The van der Waals surface area contributed by atoms with Crippen molar-refractivity contribution in [3.63, 3.8) is 0 Å². The van der Waals surface area contributed by atoms with Crippen LogP contribution in [-0.4, -0.2) is 17.6 Å². The zero-order chi connectivity index (χ0) is 13.0. The van der Waals surface area contributed by atoms with Gasteiger partial charge in [0.15, 0.2) is 0 Å². The molecule has 0 atom stereocenters. The number of aromatic nitrogens is 1. The molecule has 0 radical (unpaired) electrons. The lowest BCUT2D eigenvalue weighted by atomic mass is 10.0. The molecule has 1 aromatic heterocycles. The molecule has 94 valence electrons. The van der Waals surface area contributed by atoms with Crippen molar-refractivity contribution in [3.8, 4) is 0 Å². The van der Waals surface area contributed by atoms with E-state index in [0.717, 1.165) is 6.20 Å². The Labute approximate surface area is 97.8 Å². The Hall–Kier alpha value is -1.72. The molecule has 0 saturated carbocycles. The van der Waals surface area contributed by atoms with Crippen LogP contribution in [0.2, 0.25) is 0 Å². The average Bonchev–Trinajstić information content (AvgIpc) is 2.25. The third-order valence-corrected chi connectivity index (χ3v) is 2.32. The summed E-state index contributed by atoms with van der Waals surface area (Å²) in [5.74, 6) is -0.577. The second kappa shape index (κ2) is 5.56. The molecule has 0 aliphatic heterocycles. The van der Waals surface area contributed by atoms with Gasteiger partial charge in [0.1, 0.15) is 0 Å². The molecule has 0 saturated heterocycles. The number of nitrogens with two attached hydrogens (primary N) is 1. The Balaban J connectivity index is 3.10. The Morgan fingerprint density at radius 2 is 2.24 bits per heavy atom. The first-order valence-electron chi connectivity index (χ1n) is 5.15. The van der Waals surface area contributed by atoms with E-state index in [9.17, 15) is 13.6 Å². The summed E-state index contributed by atoms with van der Waals surface area (Å²) >= 11 is 0. The number of anilines is 1. The summed E-state index contributed by atoms with van der Waals surface area (Å²) in [6.45, 7) is 3.44. The number of pyridine rings is 1. The topological polar surface area (TPSA) is 65.2 Å². The lowest BCUT2D eigenvalue weighted by Gasteiger charge is -2.12. The highest BCUT2D eigenvalue weighted by molar-refractivity contribution is 5.76. The summed E-state index contributed by atoms with van der Waals surface area (Å²) in [6.07, 6.45) is -1.93. The quantitative estimate of drug-likeness (QED) is 0.823. The minimum absolute atomic E-state index is 0.103. The van der Waals surface area contributed by atoms with Crippen molar-refractivity contribution in [2.45, 2.75) is 26.7 Å². The van der Waals surface area contributed by atoms with E-state index < -0.39 is 12.4 Å². The molecule has 0 aliphatic carbocycles. The second-order valence-electron chi connectivity index (χ2n) is 3.47. The zero-order valence-electron chi connectivity index (χ0n) is 9.67. The Morgan fingerprint density at radius 1 is 1.59 bits per heavy atom. The van der Waals surface area contributed by atoms with Gasteiger partial charge in [-0.2, -0.15) is 0 Å². The number of halogens is 2. The SMILES string of the molecule is CCOC(=O)Cc1c(C(F)F)cnc(C)c1N. The summed E-state index contributed by atoms with van der Waals surface area (Å²) in [6, 6.07) is 0. The van der Waals surface area contributed by atoms with Crippen molar-refractivity contribution < 1.29 is 18.3 Å². The van der Waals surface area contributed by atoms with Gasteiger partial charge in [0, 0.05) is 11.8 Å². The number of ether oxygens (including phenoxy) is 1. The highest BCUT2D eigenvalue weighted by Crippen LogP contribution is 2.28. The molecule has 2 N–H and O–H groups in total. The number of nitrogens with zero attached hydrogens (tertiary/aromatic N) is 1. The van der Waals surface area contributed by atoms with Crippen LogP contribution in [0.4, 0.5) is 14.5 Å². The maximum atomic E-state index is 12.7. The van der Waals surface area contributed by atoms with Gasteiger partial charge in [-0.3, -0.25) is 9.78 Å². The Bertz CT molecular complexity index is 422. The fraction of sp³-hybridized carbons (Fsp3) is 0.455. The summed E-state index contributed by atoms with van der Waals surface area (Å²) in [4.78, 5) is 15.1. The lowest BCUT2D eigenvalue weighted by Crippen LogP contribution is -2.13. The molecule has 0 aromatic carbocycles. The van der Waals surface area contributed by atoms with Crippen LogP contribution in [0.1, 0.15) is 30.2 Å². The first-order valence-corrected chi connectivity index (χ1v) is 5.15.